The fourth-order valence-electron chi connectivity index (χ4n) is 5.62. The molecule has 8 heteroatoms. The van der Waals surface area contributed by atoms with E-state index in [0.717, 1.165) is 25.1 Å². The van der Waals surface area contributed by atoms with E-state index in [-0.39, 0.29) is 28.7 Å². The second-order valence-electron chi connectivity index (χ2n) is 12.1. The third-order valence-electron chi connectivity index (χ3n) is 7.70. The van der Waals surface area contributed by atoms with Crippen LogP contribution in [0, 0.1) is 0 Å². The molecule has 0 saturated carbocycles. The molecule has 2 aliphatic rings. The molecule has 0 spiro atoms. The minimum atomic E-state index is -0.504. The quantitative estimate of drug-likeness (QED) is 0.397. The summed E-state index contributed by atoms with van der Waals surface area (Å²) in [6.07, 6.45) is 1.13. The van der Waals surface area contributed by atoms with Gasteiger partial charge in [0.05, 0.1) is 6.42 Å². The van der Waals surface area contributed by atoms with E-state index < -0.39 is 5.60 Å². The van der Waals surface area contributed by atoms with Crippen LogP contribution in [0.15, 0.2) is 71.1 Å². The maximum Gasteiger partial charge on any atom is 0.410 e. The molecule has 0 unspecified atom stereocenters. The van der Waals surface area contributed by atoms with Crippen LogP contribution in [0.25, 0.3) is 10.8 Å². The van der Waals surface area contributed by atoms with Crippen LogP contribution >= 0.6 is 0 Å². The Morgan fingerprint density at radius 1 is 1.00 bits per heavy atom. The van der Waals surface area contributed by atoms with Gasteiger partial charge in [0, 0.05) is 55.5 Å². The molecule has 7 nitrogen and oxygen atoms in total. The third kappa shape index (κ3) is 7.74. The van der Waals surface area contributed by atoms with Gasteiger partial charge in [0.2, 0.25) is 0 Å². The van der Waals surface area contributed by atoms with Gasteiger partial charge in [0.25, 0.3) is 5.91 Å². The van der Waals surface area contributed by atoms with Gasteiger partial charge in [-0.1, -0.05) is 65.3 Å². The van der Waals surface area contributed by atoms with Gasteiger partial charge in [-0.3, -0.25) is 4.79 Å². The zero-order valence-electron chi connectivity index (χ0n) is 24.6. The second kappa shape index (κ2) is 12.7. The molecule has 5 rings (SSSR count). The highest BCUT2D eigenvalue weighted by molar-refractivity contribution is 7.87. The first-order chi connectivity index (χ1) is 19.6. The molecule has 2 saturated heterocycles. The first kappa shape index (κ1) is 29.3. The van der Waals surface area contributed by atoms with Crippen molar-refractivity contribution >= 4 is 39.2 Å². The van der Waals surface area contributed by atoms with Crippen LogP contribution in [0.1, 0.15) is 51.3 Å². The van der Waals surface area contributed by atoms with Crippen molar-refractivity contribution in [3.05, 3.63) is 77.9 Å². The van der Waals surface area contributed by atoms with Gasteiger partial charge >= 0.3 is 6.09 Å². The topological polar surface area (TPSA) is 74.2 Å². The predicted molar refractivity (Wildman–Crippen MR) is 169 cm³/mol. The van der Waals surface area contributed by atoms with Crippen LogP contribution in [-0.4, -0.2) is 66.2 Å². The summed E-state index contributed by atoms with van der Waals surface area (Å²) in [7, 11) is -0.335. The fourth-order valence-corrected chi connectivity index (χ4v) is 7.22. The smallest absolute Gasteiger partial charge is 0.410 e. The number of hydrogen-bond donors (Lipinski definition) is 1. The summed E-state index contributed by atoms with van der Waals surface area (Å²) in [4.78, 5) is 29.1. The minimum Gasteiger partial charge on any atom is -0.444 e. The molecule has 41 heavy (non-hydrogen) atoms. The van der Waals surface area contributed by atoms with E-state index in [4.69, 9.17) is 4.74 Å². The third-order valence-corrected chi connectivity index (χ3v) is 9.47. The van der Waals surface area contributed by atoms with Crippen LogP contribution in [-0.2, 0) is 26.6 Å². The first-order valence-electron chi connectivity index (χ1n) is 14.6. The second-order valence-corrected chi connectivity index (χ2v) is 14.0. The van der Waals surface area contributed by atoms with Crippen LogP contribution in [0.4, 0.5) is 10.5 Å². The molecule has 3 aromatic carbocycles. The molecule has 2 heterocycles. The lowest BCUT2D eigenvalue weighted by Crippen LogP contribution is -2.44. The van der Waals surface area contributed by atoms with E-state index in [2.05, 4.69) is 88.2 Å². The number of nitrogens with one attached hydrogen (secondary N) is 1. The van der Waals surface area contributed by atoms with Crippen molar-refractivity contribution in [1.82, 2.24) is 10.2 Å². The Bertz CT molecular complexity index is 1400. The van der Waals surface area contributed by atoms with Crippen molar-refractivity contribution in [2.24, 2.45) is 4.36 Å². The Labute approximate surface area is 246 Å². The van der Waals surface area contributed by atoms with Crippen molar-refractivity contribution in [3.8, 4) is 0 Å². The number of ether oxygens (including phenoxy) is 1. The minimum absolute atomic E-state index is 0.0836. The first-order valence-corrected chi connectivity index (χ1v) is 16.1. The molecule has 0 bridgehead atoms. The summed E-state index contributed by atoms with van der Waals surface area (Å²) >= 11 is 0. The Morgan fingerprint density at radius 3 is 2.44 bits per heavy atom. The molecule has 218 valence electrons. The molecule has 2 amide bonds. The van der Waals surface area contributed by atoms with E-state index in [0.29, 0.717) is 37.1 Å². The predicted octanol–water partition coefficient (Wildman–Crippen LogP) is 5.89. The number of carbonyl (C=O) groups is 2. The number of benzene rings is 3. The van der Waals surface area contributed by atoms with Gasteiger partial charge < -0.3 is 19.9 Å². The Kier molecular flexibility index (Phi) is 9.09. The highest BCUT2D eigenvalue weighted by Gasteiger charge is 2.26. The van der Waals surface area contributed by atoms with Crippen LogP contribution < -0.4 is 10.2 Å². The van der Waals surface area contributed by atoms with E-state index >= 15 is 0 Å². The number of hydrogen-bond acceptors (Lipinski definition) is 5. The lowest BCUT2D eigenvalue weighted by Gasteiger charge is -2.30. The molecule has 3 aromatic rings. The standard InChI is InChI=1S/C33H42N4O3S/c1-24(29-11-7-9-26-8-5-6-10-30(26)29)34-27-16-17-37(23-27)28-14-12-25(13-15-28)22-31(38)35-41-20-18-36(19-21-41)32(39)40-33(2,3)4/h5-15,24,27,34H,16-23H2,1-4H3/t24-,27+/m1/s1. The molecule has 0 aliphatic carbocycles. The zero-order valence-corrected chi connectivity index (χ0v) is 25.5. The highest BCUT2D eigenvalue weighted by Crippen LogP contribution is 2.27. The average Bonchev–Trinajstić information content (AvgIpc) is 3.41. The van der Waals surface area contributed by atoms with E-state index in [1.165, 1.54) is 22.0 Å². The van der Waals surface area contributed by atoms with Gasteiger partial charge in [-0.15, -0.1) is 0 Å². The number of anilines is 1. The average molecular weight is 575 g/mol. The summed E-state index contributed by atoms with van der Waals surface area (Å²) in [5, 5.41) is 6.45. The monoisotopic (exact) mass is 574 g/mol. The Morgan fingerprint density at radius 2 is 1.71 bits per heavy atom. The number of fused-ring (bicyclic) bond motifs is 1. The van der Waals surface area contributed by atoms with Gasteiger partial charge in [0.1, 0.15) is 5.60 Å². The highest BCUT2D eigenvalue weighted by atomic mass is 32.2. The number of amides is 2. The molecular weight excluding hydrogens is 532 g/mol. The van der Waals surface area contributed by atoms with Gasteiger partial charge in [-0.05, 0) is 68.1 Å². The summed E-state index contributed by atoms with van der Waals surface area (Å²) in [5.41, 5.74) is 3.01. The van der Waals surface area contributed by atoms with Crippen molar-refractivity contribution in [3.63, 3.8) is 0 Å². The molecule has 2 fully saturated rings. The summed E-state index contributed by atoms with van der Waals surface area (Å²) < 4.78 is 9.93. The summed E-state index contributed by atoms with van der Waals surface area (Å²) in [6, 6.07) is 24.2. The lowest BCUT2D eigenvalue weighted by molar-refractivity contribution is -0.117. The van der Waals surface area contributed by atoms with E-state index in [9.17, 15) is 9.59 Å². The van der Waals surface area contributed by atoms with Crippen LogP contribution in [0.3, 0.4) is 0 Å². The van der Waals surface area contributed by atoms with E-state index in [1.807, 2.05) is 20.8 Å². The van der Waals surface area contributed by atoms with Gasteiger partial charge in [-0.2, -0.15) is 4.36 Å². The molecule has 2 atom stereocenters. The van der Waals surface area contributed by atoms with Gasteiger partial charge in [-0.25, -0.2) is 4.79 Å². The Balaban J connectivity index is 1.10. The molecular formula is C33H42N4O3S. The molecule has 2 aliphatic heterocycles. The SMILES string of the molecule is C[C@@H](N[C@H]1CCN(c2ccc(CC(=O)N=S3CCN(C(=O)OC(C)(C)C)CC3)cc2)C1)c1cccc2ccccc12. The number of carbonyl (C=O) groups excluding carboxylic acids is 2. The Hall–Kier alpha value is -3.23. The lowest BCUT2D eigenvalue weighted by atomic mass is 9.99. The van der Waals surface area contributed by atoms with Crippen molar-refractivity contribution < 1.29 is 14.3 Å². The van der Waals surface area contributed by atoms with Crippen molar-refractivity contribution in [2.75, 3.05) is 42.6 Å². The maximum atomic E-state index is 12.7. The largest absolute Gasteiger partial charge is 0.444 e. The summed E-state index contributed by atoms with van der Waals surface area (Å²) in [6.45, 7) is 11.0. The van der Waals surface area contributed by atoms with Crippen LogP contribution in [0.2, 0.25) is 0 Å². The number of nitrogens with zero attached hydrogens (tertiary/aromatic N) is 3. The number of rotatable bonds is 6. The van der Waals surface area contributed by atoms with Crippen molar-refractivity contribution in [2.45, 2.75) is 58.2 Å². The molecule has 0 aromatic heterocycles. The normalized spacial score (nSPS) is 18.9. The molecule has 1 N–H and O–H groups in total. The van der Waals surface area contributed by atoms with Crippen molar-refractivity contribution in [1.29, 1.82) is 0 Å². The molecule has 0 radical (unpaired) electrons. The zero-order chi connectivity index (χ0) is 29.0. The summed E-state index contributed by atoms with van der Waals surface area (Å²) in [5.74, 6) is 1.35. The van der Waals surface area contributed by atoms with E-state index in [1.54, 1.807) is 4.90 Å². The van der Waals surface area contributed by atoms with Crippen LogP contribution in [0.5, 0.6) is 0 Å². The maximum absolute atomic E-state index is 12.7. The van der Waals surface area contributed by atoms with Gasteiger partial charge in [0.15, 0.2) is 0 Å². The fraction of sp³-hybridized carbons (Fsp3) is 0.455.